The second-order valence-corrected chi connectivity index (χ2v) is 4.24. The highest BCUT2D eigenvalue weighted by atomic mass is 127. The number of benzene rings is 1. The highest BCUT2D eigenvalue weighted by Crippen LogP contribution is 2.28. The number of hydrogen-bond acceptors (Lipinski definition) is 5. The minimum Gasteiger partial charge on any atom is -0.438 e. The van der Waals surface area contributed by atoms with E-state index >= 15 is 0 Å². The molecule has 0 aliphatic heterocycles. The van der Waals surface area contributed by atoms with E-state index in [1.54, 1.807) is 6.07 Å². The lowest BCUT2D eigenvalue weighted by Gasteiger charge is -2.07. The monoisotopic (exact) mass is 346 g/mol. The van der Waals surface area contributed by atoms with E-state index in [1.165, 1.54) is 18.5 Å². The van der Waals surface area contributed by atoms with E-state index in [0.29, 0.717) is 15.1 Å². The predicted molar refractivity (Wildman–Crippen MR) is 70.0 cm³/mol. The smallest absolute Gasteiger partial charge is 0.237 e. The summed E-state index contributed by atoms with van der Waals surface area (Å²) in [4.78, 5) is 7.71. The Kier molecular flexibility index (Phi) is 3.27. The Labute approximate surface area is 110 Å². The average molecular weight is 346 g/mol. The van der Waals surface area contributed by atoms with Crippen LogP contribution in [-0.2, 0) is 0 Å². The summed E-state index contributed by atoms with van der Waals surface area (Å²) in [7, 11) is 0. The fraction of sp³-hybridized carbons (Fsp3) is 0. The van der Waals surface area contributed by atoms with E-state index in [2.05, 4.69) is 9.97 Å². The number of nitrogen functional groups attached to an aromatic ring is 2. The first-order valence-corrected chi connectivity index (χ1v) is 5.64. The first-order valence-electron chi connectivity index (χ1n) is 4.57. The molecule has 0 atom stereocenters. The summed E-state index contributed by atoms with van der Waals surface area (Å²) in [6.45, 7) is 0. The van der Waals surface area contributed by atoms with Gasteiger partial charge in [-0.2, -0.15) is 0 Å². The van der Waals surface area contributed by atoms with Gasteiger partial charge >= 0.3 is 0 Å². The van der Waals surface area contributed by atoms with Gasteiger partial charge in [-0.05, 0) is 34.7 Å². The standard InChI is InChI=1S/C10H8FIN4O/c11-6-3-5(1-2-7(6)13)17-10-8(12)9(14)15-4-16-10/h1-4H,13H2,(H2,14,15,16). The summed E-state index contributed by atoms with van der Waals surface area (Å²) < 4.78 is 19.2. The van der Waals surface area contributed by atoms with E-state index in [-0.39, 0.29) is 11.6 Å². The molecule has 0 aliphatic carbocycles. The van der Waals surface area contributed by atoms with Crippen LogP contribution in [0.3, 0.4) is 0 Å². The van der Waals surface area contributed by atoms with E-state index < -0.39 is 5.82 Å². The lowest BCUT2D eigenvalue weighted by Crippen LogP contribution is -1.99. The van der Waals surface area contributed by atoms with Crippen LogP contribution in [0.25, 0.3) is 0 Å². The number of nitrogens with zero attached hydrogens (tertiary/aromatic N) is 2. The van der Waals surface area contributed by atoms with E-state index in [0.717, 1.165) is 0 Å². The zero-order valence-corrected chi connectivity index (χ0v) is 10.7. The van der Waals surface area contributed by atoms with Gasteiger partial charge in [0.05, 0.1) is 5.69 Å². The van der Waals surface area contributed by atoms with Crippen LogP contribution in [-0.4, -0.2) is 9.97 Å². The second-order valence-electron chi connectivity index (χ2n) is 3.16. The highest BCUT2D eigenvalue weighted by Gasteiger charge is 2.09. The summed E-state index contributed by atoms with van der Waals surface area (Å²) in [6.07, 6.45) is 1.28. The molecule has 1 heterocycles. The third kappa shape index (κ3) is 2.54. The second kappa shape index (κ2) is 4.70. The molecular formula is C10H8FIN4O. The summed E-state index contributed by atoms with van der Waals surface area (Å²) in [6, 6.07) is 4.15. The van der Waals surface area contributed by atoms with Crippen LogP contribution >= 0.6 is 22.6 Å². The van der Waals surface area contributed by atoms with Gasteiger partial charge in [0.15, 0.2) is 0 Å². The lowest BCUT2D eigenvalue weighted by atomic mass is 10.3. The topological polar surface area (TPSA) is 87.0 Å². The Bertz CT molecular complexity index is 564. The highest BCUT2D eigenvalue weighted by molar-refractivity contribution is 14.1. The normalized spacial score (nSPS) is 10.2. The molecule has 0 saturated carbocycles. The maximum atomic E-state index is 13.2. The molecule has 2 rings (SSSR count). The number of anilines is 2. The first-order chi connectivity index (χ1) is 8.08. The average Bonchev–Trinajstić information content (AvgIpc) is 2.30. The molecule has 88 valence electrons. The van der Waals surface area contributed by atoms with Gasteiger partial charge in [-0.25, -0.2) is 14.4 Å². The van der Waals surface area contributed by atoms with Crippen molar-refractivity contribution in [2.75, 3.05) is 11.5 Å². The van der Waals surface area contributed by atoms with E-state index in [9.17, 15) is 4.39 Å². The van der Waals surface area contributed by atoms with Crippen LogP contribution in [0.4, 0.5) is 15.9 Å². The molecule has 4 N–H and O–H groups in total. The summed E-state index contributed by atoms with van der Waals surface area (Å²) in [5, 5.41) is 0. The molecule has 0 radical (unpaired) electrons. The molecule has 17 heavy (non-hydrogen) atoms. The Morgan fingerprint density at radius 3 is 2.71 bits per heavy atom. The number of aromatic nitrogens is 2. The van der Waals surface area contributed by atoms with Gasteiger partial charge in [0.25, 0.3) is 0 Å². The zero-order valence-electron chi connectivity index (χ0n) is 8.52. The Balaban J connectivity index is 2.31. The van der Waals surface area contributed by atoms with Crippen LogP contribution in [0, 0.1) is 9.39 Å². The maximum Gasteiger partial charge on any atom is 0.237 e. The molecular weight excluding hydrogens is 338 g/mol. The molecule has 0 bridgehead atoms. The Morgan fingerprint density at radius 2 is 2.00 bits per heavy atom. The lowest BCUT2D eigenvalue weighted by molar-refractivity contribution is 0.454. The largest absolute Gasteiger partial charge is 0.438 e. The van der Waals surface area contributed by atoms with Crippen molar-refractivity contribution in [3.8, 4) is 11.6 Å². The van der Waals surface area contributed by atoms with Crippen molar-refractivity contribution in [2.24, 2.45) is 0 Å². The molecule has 0 unspecified atom stereocenters. The molecule has 0 fully saturated rings. The third-order valence-electron chi connectivity index (χ3n) is 1.97. The zero-order chi connectivity index (χ0) is 12.4. The van der Waals surface area contributed by atoms with Gasteiger partial charge in [-0.1, -0.05) is 0 Å². The third-order valence-corrected chi connectivity index (χ3v) is 2.98. The Morgan fingerprint density at radius 1 is 1.24 bits per heavy atom. The fourth-order valence-electron chi connectivity index (χ4n) is 1.12. The van der Waals surface area contributed by atoms with Crippen molar-refractivity contribution >= 4 is 34.1 Å². The number of hydrogen-bond donors (Lipinski definition) is 2. The maximum absolute atomic E-state index is 13.2. The van der Waals surface area contributed by atoms with Gasteiger partial charge in [-0.15, -0.1) is 0 Å². The van der Waals surface area contributed by atoms with Crippen molar-refractivity contribution in [3.05, 3.63) is 33.9 Å². The number of nitrogens with two attached hydrogens (primary N) is 2. The molecule has 0 amide bonds. The number of ether oxygens (including phenoxy) is 1. The SMILES string of the molecule is Nc1ccc(Oc2ncnc(N)c2I)cc1F. The van der Waals surface area contributed by atoms with Crippen LogP contribution in [0.5, 0.6) is 11.6 Å². The molecule has 7 heteroatoms. The quantitative estimate of drug-likeness (QED) is 0.643. The van der Waals surface area contributed by atoms with Gasteiger partial charge in [0.2, 0.25) is 5.88 Å². The molecule has 0 aliphatic rings. The van der Waals surface area contributed by atoms with E-state index in [4.69, 9.17) is 16.2 Å². The van der Waals surface area contributed by atoms with Crippen molar-refractivity contribution in [3.63, 3.8) is 0 Å². The minimum atomic E-state index is -0.542. The predicted octanol–water partition coefficient (Wildman–Crippen LogP) is 2.18. The van der Waals surface area contributed by atoms with E-state index in [1.807, 2.05) is 22.6 Å². The van der Waals surface area contributed by atoms with Crippen LogP contribution < -0.4 is 16.2 Å². The molecule has 1 aromatic heterocycles. The van der Waals surface area contributed by atoms with Gasteiger partial charge in [0, 0.05) is 6.07 Å². The fourth-order valence-corrected chi connectivity index (χ4v) is 1.51. The van der Waals surface area contributed by atoms with Crippen LogP contribution in [0.2, 0.25) is 0 Å². The molecule has 1 aromatic carbocycles. The van der Waals surface area contributed by atoms with Crippen molar-refractivity contribution in [2.45, 2.75) is 0 Å². The van der Waals surface area contributed by atoms with Crippen molar-refractivity contribution in [1.29, 1.82) is 0 Å². The summed E-state index contributed by atoms with van der Waals surface area (Å²) in [5.41, 5.74) is 11.0. The van der Waals surface area contributed by atoms with Gasteiger partial charge in [-0.3, -0.25) is 0 Å². The Hall–Kier alpha value is -1.64. The molecule has 0 saturated heterocycles. The molecule has 2 aromatic rings. The summed E-state index contributed by atoms with van der Waals surface area (Å²) >= 11 is 1.95. The van der Waals surface area contributed by atoms with Gasteiger partial charge < -0.3 is 16.2 Å². The first kappa shape index (κ1) is 11.8. The molecule has 0 spiro atoms. The van der Waals surface area contributed by atoms with Gasteiger partial charge in [0.1, 0.15) is 27.3 Å². The van der Waals surface area contributed by atoms with Crippen LogP contribution in [0.1, 0.15) is 0 Å². The molecule has 5 nitrogen and oxygen atoms in total. The number of rotatable bonds is 2. The summed E-state index contributed by atoms with van der Waals surface area (Å²) in [5.74, 6) is 0.348. The minimum absolute atomic E-state index is 0.0641. The van der Waals surface area contributed by atoms with Crippen molar-refractivity contribution < 1.29 is 9.13 Å². The van der Waals surface area contributed by atoms with Crippen LogP contribution in [0.15, 0.2) is 24.5 Å². The number of halogens is 2. The van der Waals surface area contributed by atoms with Crippen molar-refractivity contribution in [1.82, 2.24) is 9.97 Å².